The zero-order chi connectivity index (χ0) is 19.4. The monoisotopic (exact) mass is 380 g/mol. The Morgan fingerprint density at radius 1 is 1.00 bits per heavy atom. The normalized spacial score (nSPS) is 10.5. The predicted molar refractivity (Wildman–Crippen MR) is 109 cm³/mol. The number of aryl methyl sites for hydroxylation is 3. The largest absolute Gasteiger partial charge is 0.347 e. The summed E-state index contributed by atoms with van der Waals surface area (Å²) in [6, 6.07) is 15.1. The Morgan fingerprint density at radius 2 is 1.78 bits per heavy atom. The average molecular weight is 381 g/mol. The molecular formula is C21H21ClN4O. The van der Waals surface area contributed by atoms with Crippen LogP contribution >= 0.6 is 11.6 Å². The van der Waals surface area contributed by atoms with Crippen molar-refractivity contribution >= 4 is 29.1 Å². The number of halogens is 1. The molecule has 5 nitrogen and oxygen atoms in total. The number of hydrogen-bond donors (Lipinski definition) is 2. The van der Waals surface area contributed by atoms with E-state index in [9.17, 15) is 4.79 Å². The average Bonchev–Trinajstić information content (AvgIpc) is 2.63. The van der Waals surface area contributed by atoms with Gasteiger partial charge < -0.3 is 10.6 Å². The van der Waals surface area contributed by atoms with Gasteiger partial charge in [-0.3, -0.25) is 4.79 Å². The zero-order valence-corrected chi connectivity index (χ0v) is 16.3. The van der Waals surface area contributed by atoms with Gasteiger partial charge >= 0.3 is 0 Å². The van der Waals surface area contributed by atoms with Crippen LogP contribution in [0.3, 0.4) is 0 Å². The molecule has 0 fully saturated rings. The number of carbonyl (C=O) groups is 1. The van der Waals surface area contributed by atoms with Gasteiger partial charge in [0.05, 0.1) is 0 Å². The molecule has 0 aliphatic carbocycles. The number of benzene rings is 2. The highest BCUT2D eigenvalue weighted by atomic mass is 35.5. The summed E-state index contributed by atoms with van der Waals surface area (Å²) in [4.78, 5) is 21.3. The third-order valence-electron chi connectivity index (χ3n) is 4.22. The maximum atomic E-state index is 12.6. The summed E-state index contributed by atoms with van der Waals surface area (Å²) < 4.78 is 0. The summed E-state index contributed by atoms with van der Waals surface area (Å²) in [5, 5.41) is 6.74. The summed E-state index contributed by atoms with van der Waals surface area (Å²) in [6.07, 6.45) is 0. The van der Waals surface area contributed by atoms with Gasteiger partial charge in [-0.1, -0.05) is 35.9 Å². The quantitative estimate of drug-likeness (QED) is 0.671. The number of nitrogens with one attached hydrogen (secondary N) is 2. The molecule has 0 saturated carbocycles. The summed E-state index contributed by atoms with van der Waals surface area (Å²) >= 11 is 6.00. The molecular weight excluding hydrogens is 360 g/mol. The molecule has 0 saturated heterocycles. The van der Waals surface area contributed by atoms with Gasteiger partial charge in [-0.15, -0.1) is 0 Å². The number of anilines is 2. The van der Waals surface area contributed by atoms with Crippen molar-refractivity contribution in [1.82, 2.24) is 15.3 Å². The van der Waals surface area contributed by atoms with Gasteiger partial charge in [0.15, 0.2) is 0 Å². The molecule has 2 N–H and O–H groups in total. The Kier molecular flexibility index (Phi) is 5.72. The lowest BCUT2D eigenvalue weighted by atomic mass is 10.1. The Hall–Kier alpha value is -2.92. The van der Waals surface area contributed by atoms with E-state index in [1.165, 1.54) is 0 Å². The molecule has 1 heterocycles. The van der Waals surface area contributed by atoms with Crippen LogP contribution in [-0.2, 0) is 6.54 Å². The molecule has 6 heteroatoms. The molecule has 3 rings (SSSR count). The minimum atomic E-state index is -0.236. The first-order valence-electron chi connectivity index (χ1n) is 8.64. The van der Waals surface area contributed by atoms with Crippen LogP contribution in [0.5, 0.6) is 0 Å². The first-order valence-corrected chi connectivity index (χ1v) is 9.02. The molecule has 0 unspecified atom stereocenters. The zero-order valence-electron chi connectivity index (χ0n) is 15.5. The molecule has 0 aliphatic heterocycles. The summed E-state index contributed by atoms with van der Waals surface area (Å²) in [5.41, 5.74) is 5.06. The molecule has 138 valence electrons. The van der Waals surface area contributed by atoms with Crippen molar-refractivity contribution in [3.05, 3.63) is 81.6 Å². The Bertz CT molecular complexity index is 988. The molecule has 3 aromatic rings. The third kappa shape index (κ3) is 4.83. The Labute approximate surface area is 163 Å². The second-order valence-corrected chi connectivity index (χ2v) is 6.85. The van der Waals surface area contributed by atoms with E-state index >= 15 is 0 Å². The second kappa shape index (κ2) is 8.18. The van der Waals surface area contributed by atoms with E-state index < -0.39 is 0 Å². The molecule has 1 amide bonds. The third-order valence-corrected chi connectivity index (χ3v) is 4.46. The number of carbonyl (C=O) groups excluding carboxylic acids is 1. The highest BCUT2D eigenvalue weighted by molar-refractivity contribution is 6.30. The van der Waals surface area contributed by atoms with Gasteiger partial charge in [-0.2, -0.15) is 0 Å². The lowest BCUT2D eigenvalue weighted by Crippen LogP contribution is -2.24. The van der Waals surface area contributed by atoms with Crippen molar-refractivity contribution < 1.29 is 4.79 Å². The van der Waals surface area contributed by atoms with Gasteiger partial charge in [0.2, 0.25) is 5.95 Å². The van der Waals surface area contributed by atoms with Gasteiger partial charge in [-0.25, -0.2) is 9.97 Å². The van der Waals surface area contributed by atoms with E-state index in [-0.39, 0.29) is 5.91 Å². The Morgan fingerprint density at radius 3 is 2.52 bits per heavy atom. The Balaban J connectivity index is 1.76. The maximum Gasteiger partial charge on any atom is 0.270 e. The van der Waals surface area contributed by atoms with Gasteiger partial charge in [-0.05, 0) is 61.7 Å². The highest BCUT2D eigenvalue weighted by Crippen LogP contribution is 2.22. The minimum Gasteiger partial charge on any atom is -0.347 e. The van der Waals surface area contributed by atoms with Gasteiger partial charge in [0.1, 0.15) is 5.69 Å². The molecule has 0 spiro atoms. The standard InChI is InChI=1S/C21H21ClN4O/c1-13-6-4-5-7-16(13)12-23-20(27)19-11-15(3)24-21(26-19)25-18-9-8-17(22)10-14(18)2/h4-11H,12H2,1-3H3,(H,23,27)(H,24,25,26). The van der Waals surface area contributed by atoms with E-state index in [1.54, 1.807) is 12.1 Å². The van der Waals surface area contributed by atoms with E-state index in [4.69, 9.17) is 11.6 Å². The van der Waals surface area contributed by atoms with Crippen LogP contribution < -0.4 is 10.6 Å². The van der Waals surface area contributed by atoms with Gasteiger partial charge in [0, 0.05) is 22.9 Å². The van der Waals surface area contributed by atoms with Crippen molar-refractivity contribution in [2.75, 3.05) is 5.32 Å². The van der Waals surface area contributed by atoms with Gasteiger partial charge in [0.25, 0.3) is 5.91 Å². The second-order valence-electron chi connectivity index (χ2n) is 6.41. The fourth-order valence-corrected chi connectivity index (χ4v) is 2.93. The van der Waals surface area contributed by atoms with Crippen LogP contribution in [0.15, 0.2) is 48.5 Å². The SMILES string of the molecule is Cc1cc(C(=O)NCc2ccccc2C)nc(Nc2ccc(Cl)cc2C)n1. The number of rotatable bonds is 5. The minimum absolute atomic E-state index is 0.236. The predicted octanol–water partition coefficient (Wildman–Crippen LogP) is 4.73. The first kappa shape index (κ1) is 18.9. The lowest BCUT2D eigenvalue weighted by molar-refractivity contribution is 0.0945. The summed E-state index contributed by atoms with van der Waals surface area (Å²) in [7, 11) is 0. The van der Waals surface area contributed by atoms with Crippen LogP contribution in [0.25, 0.3) is 0 Å². The van der Waals surface area contributed by atoms with Crippen molar-refractivity contribution in [1.29, 1.82) is 0 Å². The number of nitrogens with zero attached hydrogens (tertiary/aromatic N) is 2. The maximum absolute atomic E-state index is 12.6. The van der Waals surface area contributed by atoms with E-state index in [1.807, 2.05) is 57.2 Å². The van der Waals surface area contributed by atoms with Crippen LogP contribution in [0.1, 0.15) is 32.9 Å². The molecule has 0 bridgehead atoms. The lowest BCUT2D eigenvalue weighted by Gasteiger charge is -2.11. The smallest absolute Gasteiger partial charge is 0.270 e. The van der Waals surface area contributed by atoms with E-state index in [0.29, 0.717) is 28.9 Å². The number of amides is 1. The molecule has 2 aromatic carbocycles. The highest BCUT2D eigenvalue weighted by Gasteiger charge is 2.12. The van der Waals surface area contributed by atoms with Crippen LogP contribution in [0.4, 0.5) is 11.6 Å². The van der Waals surface area contributed by atoms with E-state index in [2.05, 4.69) is 20.6 Å². The first-order chi connectivity index (χ1) is 12.9. The fourth-order valence-electron chi connectivity index (χ4n) is 2.70. The topological polar surface area (TPSA) is 66.9 Å². The molecule has 0 radical (unpaired) electrons. The van der Waals surface area contributed by atoms with E-state index in [0.717, 1.165) is 22.4 Å². The molecule has 0 atom stereocenters. The summed E-state index contributed by atoms with van der Waals surface area (Å²) in [5.74, 6) is 0.140. The number of hydrogen-bond acceptors (Lipinski definition) is 4. The van der Waals surface area contributed by atoms with Crippen molar-refractivity contribution in [2.45, 2.75) is 27.3 Å². The number of aromatic nitrogens is 2. The van der Waals surface area contributed by atoms with Crippen LogP contribution in [0.2, 0.25) is 5.02 Å². The van der Waals surface area contributed by atoms with Crippen molar-refractivity contribution in [3.8, 4) is 0 Å². The van der Waals surface area contributed by atoms with Crippen molar-refractivity contribution in [2.24, 2.45) is 0 Å². The van der Waals surface area contributed by atoms with Crippen molar-refractivity contribution in [3.63, 3.8) is 0 Å². The molecule has 0 aliphatic rings. The van der Waals surface area contributed by atoms with Crippen LogP contribution in [0, 0.1) is 20.8 Å². The summed E-state index contributed by atoms with van der Waals surface area (Å²) in [6.45, 7) is 6.25. The van der Waals surface area contributed by atoms with Crippen LogP contribution in [-0.4, -0.2) is 15.9 Å². The molecule has 1 aromatic heterocycles. The molecule has 27 heavy (non-hydrogen) atoms. The fraction of sp³-hybridized carbons (Fsp3) is 0.190.